The first-order valence-corrected chi connectivity index (χ1v) is 14.3. The summed E-state index contributed by atoms with van der Waals surface area (Å²) in [6.07, 6.45) is 7.99. The van der Waals surface area contributed by atoms with E-state index in [0.29, 0.717) is 5.69 Å². The fourth-order valence-electron chi connectivity index (χ4n) is 5.11. The fourth-order valence-corrected chi connectivity index (χ4v) is 5.11. The van der Waals surface area contributed by atoms with Crippen molar-refractivity contribution >= 4 is 70.8 Å². The van der Waals surface area contributed by atoms with Crippen LogP contribution >= 0.6 is 0 Å². The molecule has 9 nitrogen and oxygen atoms in total. The number of nitrogens with two attached hydrogens (primary N) is 3. The largest absolute Gasteiger partial charge is 0.478 e. The van der Waals surface area contributed by atoms with Crippen molar-refractivity contribution in [3.8, 4) is 0 Å². The molecule has 0 bridgehead atoms. The van der Waals surface area contributed by atoms with Crippen LogP contribution in [0.25, 0.3) is 24.3 Å². The summed E-state index contributed by atoms with van der Waals surface area (Å²) in [5.41, 5.74) is 24.0. The third-order valence-electron chi connectivity index (χ3n) is 7.23. The molecule has 2 heterocycles. The molecule has 7 N–H and O–H groups in total. The molecule has 0 aliphatic carbocycles. The molecule has 0 saturated heterocycles. The lowest BCUT2D eigenvalue weighted by Crippen LogP contribution is -2.32. The minimum atomic E-state index is -0.988. The summed E-state index contributed by atoms with van der Waals surface area (Å²) in [6.45, 7) is 0. The van der Waals surface area contributed by atoms with Gasteiger partial charge in [-0.2, -0.15) is 0 Å². The number of rotatable bonds is 1. The molecule has 0 aromatic heterocycles. The van der Waals surface area contributed by atoms with E-state index < -0.39 is 18.0 Å². The highest BCUT2D eigenvalue weighted by Gasteiger charge is 2.22. The monoisotopic (exact) mass is 609 g/mol. The molecule has 0 saturated carbocycles. The smallest absolute Gasteiger partial charge is 0.337 e. The molecule has 46 heavy (non-hydrogen) atoms. The van der Waals surface area contributed by atoms with Gasteiger partial charge in [0.1, 0.15) is 0 Å². The van der Waals surface area contributed by atoms with Crippen LogP contribution in [-0.2, 0) is 0 Å². The van der Waals surface area contributed by atoms with Crippen molar-refractivity contribution in [2.24, 2.45) is 11.5 Å². The van der Waals surface area contributed by atoms with E-state index in [4.69, 9.17) is 22.3 Å². The zero-order valence-corrected chi connectivity index (χ0v) is 24.7. The number of carboxylic acids is 1. The Bertz CT molecular complexity index is 1770. The molecule has 2 aliphatic rings. The molecule has 0 unspecified atom stereocenters. The molecule has 5 aromatic carbocycles. The number of carboxylic acid groups (broad SMARTS) is 1. The standard InChI is InChI=1S/2C15H12N2O.C7H7NO2/c2*16-15(18)17-13-7-3-1-5-11(13)9-10-12-6-2-4-8-14(12)17;8-6-4-2-1-3-5(6)7(9)10/h2*1-10H,(H2,16,18);1-4H,8H2,(H,9,10). The number of primary amides is 2. The fraction of sp³-hybridized carbons (Fsp3) is 0. The highest BCUT2D eigenvalue weighted by molar-refractivity contribution is 6.06. The van der Waals surface area contributed by atoms with Crippen LogP contribution in [0.3, 0.4) is 0 Å². The normalized spacial score (nSPS) is 11.8. The van der Waals surface area contributed by atoms with Crippen molar-refractivity contribution in [3.05, 3.63) is 149 Å². The second-order valence-corrected chi connectivity index (χ2v) is 10.1. The minimum absolute atomic E-state index is 0.155. The first kappa shape index (κ1) is 30.8. The first-order valence-electron chi connectivity index (χ1n) is 14.3. The SMILES string of the molecule is NC(=O)N1c2ccccc2C=Cc2ccccc21.NC(=O)N1c2ccccc2C=Cc2ccccc21.Nc1ccccc1C(=O)O. The number of hydrogen-bond acceptors (Lipinski definition) is 4. The maximum atomic E-state index is 11.8. The number of fused-ring (bicyclic) bond motifs is 4. The van der Waals surface area contributed by atoms with Gasteiger partial charge in [-0.15, -0.1) is 0 Å². The van der Waals surface area contributed by atoms with Crippen LogP contribution < -0.4 is 27.0 Å². The van der Waals surface area contributed by atoms with Crippen LogP contribution in [0.15, 0.2) is 121 Å². The highest BCUT2D eigenvalue weighted by atomic mass is 16.4. The maximum Gasteiger partial charge on any atom is 0.337 e. The average Bonchev–Trinajstić information content (AvgIpc) is 3.34. The van der Waals surface area contributed by atoms with Gasteiger partial charge in [0.2, 0.25) is 0 Å². The first-order chi connectivity index (χ1) is 22.3. The summed E-state index contributed by atoms with van der Waals surface area (Å²) in [5, 5.41) is 8.49. The molecule has 0 atom stereocenters. The summed E-state index contributed by atoms with van der Waals surface area (Å²) < 4.78 is 0. The van der Waals surface area contributed by atoms with Crippen LogP contribution in [0, 0.1) is 0 Å². The number of carbonyl (C=O) groups is 3. The Morgan fingerprint density at radius 2 is 0.739 bits per heavy atom. The topological polar surface area (TPSA) is 156 Å². The quantitative estimate of drug-likeness (QED) is 0.143. The molecule has 0 spiro atoms. The van der Waals surface area contributed by atoms with Gasteiger partial charge in [-0.25, -0.2) is 14.4 Å². The van der Waals surface area contributed by atoms with Gasteiger partial charge in [0.05, 0.1) is 28.3 Å². The van der Waals surface area contributed by atoms with Crippen LogP contribution in [0.1, 0.15) is 32.6 Å². The number of amides is 4. The molecular formula is C37H31N5O4. The van der Waals surface area contributed by atoms with Gasteiger partial charge in [-0.05, 0) is 58.7 Å². The zero-order chi connectivity index (χ0) is 32.6. The van der Waals surface area contributed by atoms with Crippen molar-refractivity contribution in [2.45, 2.75) is 0 Å². The molecule has 4 amide bonds. The number of anilines is 5. The van der Waals surface area contributed by atoms with E-state index in [0.717, 1.165) is 45.0 Å². The van der Waals surface area contributed by atoms with E-state index in [1.165, 1.54) is 6.07 Å². The second-order valence-electron chi connectivity index (χ2n) is 10.1. The molecule has 2 aliphatic heterocycles. The summed E-state index contributed by atoms with van der Waals surface area (Å²) in [7, 11) is 0. The van der Waals surface area contributed by atoms with E-state index in [1.54, 1.807) is 28.0 Å². The number of carbonyl (C=O) groups excluding carboxylic acids is 2. The van der Waals surface area contributed by atoms with Crippen molar-refractivity contribution in [2.75, 3.05) is 15.5 Å². The van der Waals surface area contributed by atoms with Crippen LogP contribution in [0.5, 0.6) is 0 Å². The molecule has 228 valence electrons. The van der Waals surface area contributed by atoms with Crippen molar-refractivity contribution in [1.29, 1.82) is 0 Å². The third kappa shape index (κ3) is 6.63. The molecule has 0 fully saturated rings. The van der Waals surface area contributed by atoms with Gasteiger partial charge in [0.15, 0.2) is 0 Å². The van der Waals surface area contributed by atoms with Gasteiger partial charge in [-0.3, -0.25) is 9.80 Å². The number of nitrogen functional groups attached to an aromatic ring is 1. The highest BCUT2D eigenvalue weighted by Crippen LogP contribution is 2.37. The Morgan fingerprint density at radius 1 is 0.457 bits per heavy atom. The number of hydrogen-bond donors (Lipinski definition) is 4. The van der Waals surface area contributed by atoms with Crippen LogP contribution in [0.4, 0.5) is 38.0 Å². The molecule has 9 heteroatoms. The van der Waals surface area contributed by atoms with Gasteiger partial charge >= 0.3 is 18.0 Å². The maximum absolute atomic E-state index is 11.8. The zero-order valence-electron chi connectivity index (χ0n) is 24.7. The summed E-state index contributed by atoms with van der Waals surface area (Å²) in [5.74, 6) is -0.988. The molecule has 0 radical (unpaired) electrons. The Balaban J connectivity index is 0.000000142. The minimum Gasteiger partial charge on any atom is -0.478 e. The van der Waals surface area contributed by atoms with Crippen LogP contribution in [0.2, 0.25) is 0 Å². The van der Waals surface area contributed by atoms with E-state index in [1.807, 2.05) is 121 Å². The van der Waals surface area contributed by atoms with Crippen molar-refractivity contribution in [3.63, 3.8) is 0 Å². The lowest BCUT2D eigenvalue weighted by Gasteiger charge is -2.22. The number of nitrogens with zero attached hydrogens (tertiary/aromatic N) is 2. The predicted octanol–water partition coefficient (Wildman–Crippen LogP) is 7.74. The van der Waals surface area contributed by atoms with Gasteiger partial charge in [0, 0.05) is 5.69 Å². The summed E-state index contributed by atoms with van der Waals surface area (Å²) >= 11 is 0. The lowest BCUT2D eigenvalue weighted by atomic mass is 10.1. The predicted molar refractivity (Wildman–Crippen MR) is 185 cm³/mol. The summed E-state index contributed by atoms with van der Waals surface area (Å²) in [4.78, 5) is 36.9. The third-order valence-corrected chi connectivity index (χ3v) is 7.23. The Hall–Kier alpha value is -6.61. The second kappa shape index (κ2) is 13.8. The Labute approximate surface area is 266 Å². The average molecular weight is 610 g/mol. The number of benzene rings is 5. The van der Waals surface area contributed by atoms with E-state index in [9.17, 15) is 14.4 Å². The number of urea groups is 2. The molecular weight excluding hydrogens is 578 g/mol. The van der Waals surface area contributed by atoms with Gasteiger partial charge < -0.3 is 22.3 Å². The van der Waals surface area contributed by atoms with Crippen molar-refractivity contribution < 1.29 is 19.5 Å². The van der Waals surface area contributed by atoms with Crippen LogP contribution in [-0.4, -0.2) is 23.1 Å². The van der Waals surface area contributed by atoms with Gasteiger partial charge in [0.25, 0.3) is 0 Å². The number of aromatic carboxylic acids is 1. The molecule has 7 rings (SSSR count). The lowest BCUT2D eigenvalue weighted by molar-refractivity contribution is 0.0698. The van der Waals surface area contributed by atoms with Crippen molar-refractivity contribution in [1.82, 2.24) is 0 Å². The Kier molecular flexibility index (Phi) is 9.24. The molecule has 5 aromatic rings. The van der Waals surface area contributed by atoms with E-state index >= 15 is 0 Å². The number of para-hydroxylation sites is 5. The van der Waals surface area contributed by atoms with E-state index in [2.05, 4.69) is 0 Å². The van der Waals surface area contributed by atoms with Gasteiger partial charge in [-0.1, -0.05) is 109 Å². The summed E-state index contributed by atoms with van der Waals surface area (Å²) in [6, 6.07) is 36.2. The Morgan fingerprint density at radius 3 is 1.00 bits per heavy atom. The van der Waals surface area contributed by atoms with E-state index in [-0.39, 0.29) is 5.56 Å².